The first-order valence-electron chi connectivity index (χ1n) is 4.33. The van der Waals surface area contributed by atoms with Crippen molar-refractivity contribution in [3.63, 3.8) is 0 Å². The molecule has 0 aromatic carbocycles. The van der Waals surface area contributed by atoms with Gasteiger partial charge >= 0.3 is 6.18 Å². The molecule has 1 saturated carbocycles. The van der Waals surface area contributed by atoms with Gasteiger partial charge in [0.15, 0.2) is 6.10 Å². The molecule has 1 unspecified atom stereocenters. The van der Waals surface area contributed by atoms with E-state index in [0.29, 0.717) is 12.5 Å². The molecule has 2 nitrogen and oxygen atoms in total. The van der Waals surface area contributed by atoms with E-state index in [1.807, 2.05) is 0 Å². The molecule has 0 heterocycles. The van der Waals surface area contributed by atoms with Gasteiger partial charge < -0.3 is 10.0 Å². The monoisotopic (exact) mass is 197 g/mol. The molecule has 0 spiro atoms. The van der Waals surface area contributed by atoms with Crippen LogP contribution in [0.2, 0.25) is 0 Å². The minimum absolute atomic E-state index is 0.319. The Kier molecular flexibility index (Phi) is 3.18. The van der Waals surface area contributed by atoms with E-state index in [9.17, 15) is 13.2 Å². The van der Waals surface area contributed by atoms with Crippen LogP contribution >= 0.6 is 0 Å². The number of nitrogens with zero attached hydrogens (tertiary/aromatic N) is 1. The predicted octanol–water partition coefficient (Wildman–Crippen LogP) is 1.25. The number of aliphatic hydroxyl groups excluding tert-OH is 1. The Morgan fingerprint density at radius 1 is 1.46 bits per heavy atom. The van der Waals surface area contributed by atoms with Crippen LogP contribution in [0.15, 0.2) is 0 Å². The van der Waals surface area contributed by atoms with Crippen LogP contribution in [0, 0.1) is 5.92 Å². The molecule has 0 aliphatic heterocycles. The van der Waals surface area contributed by atoms with E-state index in [4.69, 9.17) is 5.11 Å². The van der Waals surface area contributed by atoms with Gasteiger partial charge in [0.2, 0.25) is 0 Å². The van der Waals surface area contributed by atoms with E-state index in [-0.39, 0.29) is 6.54 Å². The van der Waals surface area contributed by atoms with Crippen LogP contribution in [0.1, 0.15) is 12.8 Å². The number of hydrogen-bond acceptors (Lipinski definition) is 2. The fraction of sp³-hybridized carbons (Fsp3) is 1.00. The van der Waals surface area contributed by atoms with E-state index in [1.54, 1.807) is 7.05 Å². The fourth-order valence-corrected chi connectivity index (χ4v) is 1.21. The number of halogens is 3. The van der Waals surface area contributed by atoms with Crippen LogP contribution in [0.25, 0.3) is 0 Å². The molecule has 1 aliphatic carbocycles. The minimum Gasteiger partial charge on any atom is -0.382 e. The maximum Gasteiger partial charge on any atom is 0.415 e. The van der Waals surface area contributed by atoms with Crippen molar-refractivity contribution >= 4 is 0 Å². The first kappa shape index (κ1) is 10.8. The van der Waals surface area contributed by atoms with Gasteiger partial charge in [-0.25, -0.2) is 0 Å². The molecular weight excluding hydrogens is 183 g/mol. The molecule has 1 aliphatic rings. The molecule has 5 heteroatoms. The third-order valence-electron chi connectivity index (χ3n) is 2.13. The second-order valence-electron chi connectivity index (χ2n) is 3.72. The third-order valence-corrected chi connectivity index (χ3v) is 2.13. The summed E-state index contributed by atoms with van der Waals surface area (Å²) in [6, 6.07) is 0. The van der Waals surface area contributed by atoms with Crippen LogP contribution in [0.5, 0.6) is 0 Å². The maximum atomic E-state index is 11.9. The average molecular weight is 197 g/mol. The van der Waals surface area contributed by atoms with Gasteiger partial charge in [-0.3, -0.25) is 0 Å². The largest absolute Gasteiger partial charge is 0.415 e. The molecule has 0 aromatic rings. The SMILES string of the molecule is CN(CC1CC1)CC(O)C(F)(F)F. The zero-order valence-electron chi connectivity index (χ0n) is 7.51. The summed E-state index contributed by atoms with van der Waals surface area (Å²) >= 11 is 0. The summed E-state index contributed by atoms with van der Waals surface area (Å²) in [7, 11) is 1.60. The number of hydrogen-bond donors (Lipinski definition) is 1. The second-order valence-corrected chi connectivity index (χ2v) is 3.72. The van der Waals surface area contributed by atoms with Crippen LogP contribution < -0.4 is 0 Å². The Bertz CT molecular complexity index is 167. The summed E-state index contributed by atoms with van der Waals surface area (Å²) in [5, 5.41) is 8.72. The van der Waals surface area contributed by atoms with E-state index < -0.39 is 12.3 Å². The smallest absolute Gasteiger partial charge is 0.382 e. The lowest BCUT2D eigenvalue weighted by Crippen LogP contribution is -2.40. The molecule has 0 amide bonds. The van der Waals surface area contributed by atoms with Gasteiger partial charge in [-0.1, -0.05) is 0 Å². The van der Waals surface area contributed by atoms with Gasteiger partial charge in [0.1, 0.15) is 0 Å². The van der Waals surface area contributed by atoms with E-state index in [2.05, 4.69) is 0 Å². The molecule has 1 atom stereocenters. The van der Waals surface area contributed by atoms with Gasteiger partial charge in [-0.05, 0) is 25.8 Å². The minimum atomic E-state index is -4.49. The Morgan fingerprint density at radius 2 is 2.00 bits per heavy atom. The van der Waals surface area contributed by atoms with E-state index >= 15 is 0 Å². The Balaban J connectivity index is 2.21. The van der Waals surface area contributed by atoms with Crippen molar-refractivity contribution in [3.8, 4) is 0 Å². The van der Waals surface area contributed by atoms with Gasteiger partial charge in [0, 0.05) is 13.1 Å². The summed E-state index contributed by atoms with van der Waals surface area (Å²) in [6.45, 7) is 0.340. The van der Waals surface area contributed by atoms with Gasteiger partial charge in [-0.15, -0.1) is 0 Å². The lowest BCUT2D eigenvalue weighted by atomic mass is 10.3. The summed E-state index contributed by atoms with van der Waals surface area (Å²) in [6.07, 6.45) is -4.49. The van der Waals surface area contributed by atoms with Gasteiger partial charge in [0.25, 0.3) is 0 Å². The summed E-state index contributed by atoms with van der Waals surface area (Å²) < 4.78 is 35.7. The van der Waals surface area contributed by atoms with Crippen molar-refractivity contribution in [3.05, 3.63) is 0 Å². The molecule has 1 rings (SSSR count). The lowest BCUT2D eigenvalue weighted by molar-refractivity contribution is -0.207. The number of alkyl halides is 3. The first-order valence-corrected chi connectivity index (χ1v) is 4.33. The van der Waals surface area contributed by atoms with Crippen molar-refractivity contribution < 1.29 is 18.3 Å². The molecule has 1 fully saturated rings. The van der Waals surface area contributed by atoms with Crippen molar-refractivity contribution in [2.45, 2.75) is 25.1 Å². The molecule has 0 radical (unpaired) electrons. The van der Waals surface area contributed by atoms with Crippen molar-refractivity contribution in [1.29, 1.82) is 0 Å². The predicted molar refractivity (Wildman–Crippen MR) is 42.3 cm³/mol. The van der Waals surface area contributed by atoms with Crippen LogP contribution in [0.4, 0.5) is 13.2 Å². The Hall–Kier alpha value is -0.290. The fourth-order valence-electron chi connectivity index (χ4n) is 1.21. The number of rotatable bonds is 4. The summed E-state index contributed by atoms with van der Waals surface area (Å²) in [5.41, 5.74) is 0. The quantitative estimate of drug-likeness (QED) is 0.733. The molecule has 0 bridgehead atoms. The highest BCUT2D eigenvalue weighted by molar-refractivity contribution is 4.78. The molecular formula is C8H14F3NO. The highest BCUT2D eigenvalue weighted by atomic mass is 19.4. The second kappa shape index (κ2) is 3.84. The number of likely N-dealkylation sites (N-methyl/N-ethyl adjacent to an activating group) is 1. The van der Waals surface area contributed by atoms with E-state index in [0.717, 1.165) is 12.8 Å². The van der Waals surface area contributed by atoms with Crippen LogP contribution in [-0.2, 0) is 0 Å². The maximum absolute atomic E-state index is 11.9. The summed E-state index contributed by atoms with van der Waals surface area (Å²) in [4.78, 5) is 1.54. The van der Waals surface area contributed by atoms with Crippen molar-refractivity contribution in [2.24, 2.45) is 5.92 Å². The summed E-state index contributed by atoms with van der Waals surface area (Å²) in [5.74, 6) is 0.547. The lowest BCUT2D eigenvalue weighted by Gasteiger charge is -2.21. The zero-order valence-corrected chi connectivity index (χ0v) is 7.51. The standard InChI is InChI=1S/C8H14F3NO/c1-12(4-6-2-3-6)5-7(13)8(9,10)11/h6-7,13H,2-5H2,1H3. The highest BCUT2D eigenvalue weighted by Crippen LogP contribution is 2.29. The zero-order chi connectivity index (χ0) is 10.1. The van der Waals surface area contributed by atoms with E-state index in [1.165, 1.54) is 4.90 Å². The molecule has 13 heavy (non-hydrogen) atoms. The molecule has 0 aromatic heterocycles. The first-order chi connectivity index (χ1) is 5.89. The van der Waals surface area contributed by atoms with Crippen LogP contribution in [0.3, 0.4) is 0 Å². The highest BCUT2D eigenvalue weighted by Gasteiger charge is 2.39. The number of aliphatic hydroxyl groups is 1. The van der Waals surface area contributed by atoms with Crippen molar-refractivity contribution in [1.82, 2.24) is 4.90 Å². The van der Waals surface area contributed by atoms with Gasteiger partial charge in [0.05, 0.1) is 0 Å². The topological polar surface area (TPSA) is 23.5 Å². The molecule has 1 N–H and O–H groups in total. The molecule has 0 saturated heterocycles. The molecule has 78 valence electrons. The third kappa shape index (κ3) is 3.95. The average Bonchev–Trinajstić information content (AvgIpc) is 2.68. The van der Waals surface area contributed by atoms with Gasteiger partial charge in [-0.2, -0.15) is 13.2 Å². The Labute approximate surface area is 75.3 Å². The van der Waals surface area contributed by atoms with Crippen LogP contribution in [-0.4, -0.2) is 42.4 Å². The van der Waals surface area contributed by atoms with Crippen molar-refractivity contribution in [2.75, 3.05) is 20.1 Å². The Morgan fingerprint density at radius 3 is 2.38 bits per heavy atom. The normalized spacial score (nSPS) is 20.8.